The lowest BCUT2D eigenvalue weighted by atomic mass is 10.2. The van der Waals surface area contributed by atoms with Gasteiger partial charge in [-0.1, -0.05) is 40.5 Å². The highest BCUT2D eigenvalue weighted by Crippen LogP contribution is 2.32. The van der Waals surface area contributed by atoms with Crippen LogP contribution in [0.5, 0.6) is 5.75 Å². The van der Waals surface area contributed by atoms with Crippen LogP contribution < -0.4 is 0 Å². The van der Waals surface area contributed by atoms with E-state index in [0.29, 0.717) is 27.0 Å². The summed E-state index contributed by atoms with van der Waals surface area (Å²) in [5, 5.41) is 14.7. The Morgan fingerprint density at radius 1 is 1.00 bits per heavy atom. The largest absolute Gasteiger partial charge is 0.507 e. The SMILES string of the molecule is Oc1cc(Cl)ccc1-c1nc(-c2ccccc2Cl)no1. The van der Waals surface area contributed by atoms with E-state index in [2.05, 4.69) is 10.1 Å². The van der Waals surface area contributed by atoms with Gasteiger partial charge in [-0.3, -0.25) is 0 Å². The van der Waals surface area contributed by atoms with Crippen molar-refractivity contribution >= 4 is 23.2 Å². The van der Waals surface area contributed by atoms with Crippen molar-refractivity contribution in [2.75, 3.05) is 0 Å². The number of phenols is 1. The number of phenolic OH excluding ortho intramolecular Hbond substituents is 1. The van der Waals surface area contributed by atoms with Crippen LogP contribution in [-0.4, -0.2) is 15.2 Å². The van der Waals surface area contributed by atoms with Crippen LogP contribution >= 0.6 is 23.2 Å². The van der Waals surface area contributed by atoms with Crippen molar-refractivity contribution < 1.29 is 9.63 Å². The molecule has 100 valence electrons. The maximum absolute atomic E-state index is 9.84. The minimum Gasteiger partial charge on any atom is -0.507 e. The molecule has 0 aliphatic heterocycles. The standard InChI is InChI=1S/C14H8Cl2N2O2/c15-8-5-6-10(12(19)7-8)14-17-13(18-20-14)9-3-1-2-4-11(9)16/h1-7,19H. The lowest BCUT2D eigenvalue weighted by Gasteiger charge is -1.99. The molecule has 0 aliphatic carbocycles. The molecule has 4 nitrogen and oxygen atoms in total. The zero-order valence-corrected chi connectivity index (χ0v) is 11.6. The van der Waals surface area contributed by atoms with Gasteiger partial charge in [0.25, 0.3) is 5.89 Å². The second kappa shape index (κ2) is 5.15. The van der Waals surface area contributed by atoms with E-state index in [-0.39, 0.29) is 11.6 Å². The van der Waals surface area contributed by atoms with E-state index in [0.717, 1.165) is 0 Å². The molecular formula is C14H8Cl2N2O2. The van der Waals surface area contributed by atoms with Gasteiger partial charge in [0.05, 0.1) is 10.6 Å². The molecular weight excluding hydrogens is 299 g/mol. The third kappa shape index (κ3) is 2.35. The Balaban J connectivity index is 2.04. The summed E-state index contributed by atoms with van der Waals surface area (Å²) in [6.07, 6.45) is 0. The molecule has 6 heteroatoms. The van der Waals surface area contributed by atoms with Crippen LogP contribution in [0.3, 0.4) is 0 Å². The summed E-state index contributed by atoms with van der Waals surface area (Å²) in [4.78, 5) is 4.24. The average Bonchev–Trinajstić information content (AvgIpc) is 2.88. The number of aromatic nitrogens is 2. The van der Waals surface area contributed by atoms with Crippen LogP contribution in [0.2, 0.25) is 10.0 Å². The van der Waals surface area contributed by atoms with E-state index < -0.39 is 0 Å². The lowest BCUT2D eigenvalue weighted by Crippen LogP contribution is -1.83. The van der Waals surface area contributed by atoms with Gasteiger partial charge >= 0.3 is 0 Å². The molecule has 0 atom stereocenters. The molecule has 0 amide bonds. The minimum atomic E-state index is -0.0214. The van der Waals surface area contributed by atoms with Crippen molar-refractivity contribution in [3.05, 3.63) is 52.5 Å². The molecule has 2 aromatic carbocycles. The molecule has 0 saturated heterocycles. The number of hydrogen-bond acceptors (Lipinski definition) is 4. The summed E-state index contributed by atoms with van der Waals surface area (Å²) in [6.45, 7) is 0. The van der Waals surface area contributed by atoms with Gasteiger partial charge in [-0.05, 0) is 30.3 Å². The summed E-state index contributed by atoms with van der Waals surface area (Å²) >= 11 is 11.9. The van der Waals surface area contributed by atoms with Crippen LogP contribution in [0.4, 0.5) is 0 Å². The van der Waals surface area contributed by atoms with Crippen LogP contribution in [0.1, 0.15) is 0 Å². The average molecular weight is 307 g/mol. The predicted octanol–water partition coefficient (Wildman–Crippen LogP) is 4.42. The molecule has 0 unspecified atom stereocenters. The topological polar surface area (TPSA) is 59.2 Å². The molecule has 20 heavy (non-hydrogen) atoms. The fraction of sp³-hybridized carbons (Fsp3) is 0. The van der Waals surface area contributed by atoms with E-state index >= 15 is 0 Å². The normalized spacial score (nSPS) is 10.7. The maximum atomic E-state index is 9.84. The number of halogens is 2. The Morgan fingerprint density at radius 3 is 2.55 bits per heavy atom. The summed E-state index contributed by atoms with van der Waals surface area (Å²) in [7, 11) is 0. The van der Waals surface area contributed by atoms with Gasteiger partial charge in [0.1, 0.15) is 5.75 Å². The van der Waals surface area contributed by atoms with Gasteiger partial charge in [0.2, 0.25) is 5.82 Å². The Morgan fingerprint density at radius 2 is 1.80 bits per heavy atom. The van der Waals surface area contributed by atoms with Crippen molar-refractivity contribution in [3.63, 3.8) is 0 Å². The fourth-order valence-electron chi connectivity index (χ4n) is 1.77. The van der Waals surface area contributed by atoms with Crippen molar-refractivity contribution in [1.29, 1.82) is 0 Å². The van der Waals surface area contributed by atoms with E-state index in [9.17, 15) is 5.11 Å². The first-order chi connectivity index (χ1) is 9.65. The Kier molecular flexibility index (Phi) is 3.34. The number of benzene rings is 2. The van der Waals surface area contributed by atoms with E-state index in [1.807, 2.05) is 12.1 Å². The van der Waals surface area contributed by atoms with Crippen molar-refractivity contribution in [1.82, 2.24) is 10.1 Å². The molecule has 3 rings (SSSR count). The molecule has 0 radical (unpaired) electrons. The highest BCUT2D eigenvalue weighted by molar-refractivity contribution is 6.33. The highest BCUT2D eigenvalue weighted by atomic mass is 35.5. The third-order valence-electron chi connectivity index (χ3n) is 2.73. The smallest absolute Gasteiger partial charge is 0.262 e. The van der Waals surface area contributed by atoms with Gasteiger partial charge in [0, 0.05) is 10.6 Å². The second-order valence-corrected chi connectivity index (χ2v) is 4.91. The Labute approximate surface area is 124 Å². The Bertz CT molecular complexity index is 771. The maximum Gasteiger partial charge on any atom is 0.262 e. The third-order valence-corrected chi connectivity index (χ3v) is 3.30. The molecule has 1 N–H and O–H groups in total. The van der Waals surface area contributed by atoms with Crippen LogP contribution in [-0.2, 0) is 0 Å². The number of rotatable bonds is 2. The van der Waals surface area contributed by atoms with Crippen molar-refractivity contribution in [3.8, 4) is 28.6 Å². The Hall–Kier alpha value is -2.04. The second-order valence-electron chi connectivity index (χ2n) is 4.06. The van der Waals surface area contributed by atoms with E-state index in [4.69, 9.17) is 27.7 Å². The summed E-state index contributed by atoms with van der Waals surface area (Å²) in [5.41, 5.74) is 1.08. The molecule has 1 aromatic heterocycles. The van der Waals surface area contributed by atoms with Gasteiger partial charge in [0.15, 0.2) is 0 Å². The number of aromatic hydroxyl groups is 1. The first-order valence-corrected chi connectivity index (χ1v) is 6.48. The van der Waals surface area contributed by atoms with Crippen LogP contribution in [0, 0.1) is 0 Å². The van der Waals surface area contributed by atoms with E-state index in [1.165, 1.54) is 6.07 Å². The molecule has 0 spiro atoms. The van der Waals surface area contributed by atoms with Gasteiger partial charge < -0.3 is 9.63 Å². The first kappa shape index (κ1) is 13.0. The summed E-state index contributed by atoms with van der Waals surface area (Å²) in [6, 6.07) is 11.8. The quantitative estimate of drug-likeness (QED) is 0.761. The van der Waals surface area contributed by atoms with Crippen LogP contribution in [0.25, 0.3) is 22.8 Å². The molecule has 0 saturated carbocycles. The lowest BCUT2D eigenvalue weighted by molar-refractivity contribution is 0.426. The predicted molar refractivity (Wildman–Crippen MR) is 76.9 cm³/mol. The monoisotopic (exact) mass is 306 g/mol. The zero-order valence-electron chi connectivity index (χ0n) is 10.0. The zero-order chi connectivity index (χ0) is 14.1. The summed E-state index contributed by atoms with van der Waals surface area (Å²) < 4.78 is 5.16. The number of hydrogen-bond donors (Lipinski definition) is 1. The highest BCUT2D eigenvalue weighted by Gasteiger charge is 2.15. The molecule has 0 bridgehead atoms. The fourth-order valence-corrected chi connectivity index (χ4v) is 2.16. The van der Waals surface area contributed by atoms with Gasteiger partial charge in [-0.2, -0.15) is 4.98 Å². The van der Waals surface area contributed by atoms with Crippen molar-refractivity contribution in [2.24, 2.45) is 0 Å². The molecule has 0 aliphatic rings. The van der Waals surface area contributed by atoms with Gasteiger partial charge in [-0.25, -0.2) is 0 Å². The molecule has 3 aromatic rings. The minimum absolute atomic E-state index is 0.0214. The van der Waals surface area contributed by atoms with Crippen molar-refractivity contribution in [2.45, 2.75) is 0 Å². The van der Waals surface area contributed by atoms with Crippen LogP contribution in [0.15, 0.2) is 47.0 Å². The molecule has 1 heterocycles. The first-order valence-electron chi connectivity index (χ1n) is 5.72. The number of nitrogens with zero attached hydrogens (tertiary/aromatic N) is 2. The van der Waals surface area contributed by atoms with Gasteiger partial charge in [-0.15, -0.1) is 0 Å². The van der Waals surface area contributed by atoms with E-state index in [1.54, 1.807) is 24.3 Å². The molecule has 0 fully saturated rings. The summed E-state index contributed by atoms with van der Waals surface area (Å²) in [5.74, 6) is 0.542.